The maximum Gasteiger partial charge on any atom is 0.00447 e. The van der Waals surface area contributed by atoms with E-state index in [1.807, 2.05) is 41.5 Å². The summed E-state index contributed by atoms with van der Waals surface area (Å²) in [5, 5.41) is 0. The van der Waals surface area contributed by atoms with Crippen LogP contribution in [0.5, 0.6) is 0 Å². The Hall–Kier alpha value is -0.0400. The Balaban J connectivity index is -0.000000174. The summed E-state index contributed by atoms with van der Waals surface area (Å²) in [6.45, 7) is 19.2. The van der Waals surface area contributed by atoms with Gasteiger partial charge in [0, 0.05) is 13.1 Å². The van der Waals surface area contributed by atoms with E-state index < -0.39 is 0 Å². The Bertz CT molecular complexity index is 83.2. The topological polar surface area (TPSA) is 3.24 Å². The first-order valence-corrected chi connectivity index (χ1v) is 6.35. The second kappa shape index (κ2) is 13.0. The Morgan fingerprint density at radius 3 is 1.29 bits per heavy atom. The zero-order chi connectivity index (χ0) is 12.2. The van der Waals surface area contributed by atoms with Crippen molar-refractivity contribution in [3.63, 3.8) is 0 Å². The summed E-state index contributed by atoms with van der Waals surface area (Å²) in [4.78, 5) is 2.36. The quantitative estimate of drug-likeness (QED) is 0.609. The monoisotopic (exact) mass is 203 g/mol. The number of rotatable bonds is 1. The summed E-state index contributed by atoms with van der Waals surface area (Å²) in [6, 6.07) is 0. The molecule has 1 rings (SSSR count). The van der Waals surface area contributed by atoms with Gasteiger partial charge in [-0.05, 0) is 18.9 Å². The molecule has 0 radical (unpaired) electrons. The van der Waals surface area contributed by atoms with Crippen molar-refractivity contribution in [3.8, 4) is 0 Å². The van der Waals surface area contributed by atoms with Crippen LogP contribution in [0.4, 0.5) is 0 Å². The van der Waals surface area contributed by atoms with Gasteiger partial charge in [0.2, 0.25) is 0 Å². The molecule has 0 N–H and O–H groups in total. The van der Waals surface area contributed by atoms with Crippen molar-refractivity contribution >= 4 is 0 Å². The van der Waals surface area contributed by atoms with E-state index in [0.29, 0.717) is 5.41 Å². The average Bonchev–Trinajstić information content (AvgIpc) is 2.25. The minimum absolute atomic E-state index is 0.661. The van der Waals surface area contributed by atoms with Gasteiger partial charge >= 0.3 is 0 Å². The predicted molar refractivity (Wildman–Crippen MR) is 69.9 cm³/mol. The van der Waals surface area contributed by atoms with Crippen molar-refractivity contribution in [3.05, 3.63) is 0 Å². The van der Waals surface area contributed by atoms with Crippen molar-refractivity contribution in [2.24, 2.45) is 5.41 Å². The van der Waals surface area contributed by atoms with Crippen LogP contribution >= 0.6 is 0 Å². The summed E-state index contributed by atoms with van der Waals surface area (Å²) in [6.07, 6.45) is 1.33. The predicted octanol–water partition coefficient (Wildman–Crippen LogP) is 4.43. The molecule has 1 nitrogen and oxygen atoms in total. The fraction of sp³-hybridized carbons (Fsp3) is 1.00. The molecule has 1 aliphatic heterocycles. The molecule has 0 aromatic carbocycles. The molecule has 1 heterocycles. The van der Waals surface area contributed by atoms with Crippen LogP contribution in [0.15, 0.2) is 0 Å². The highest BCUT2D eigenvalue weighted by Gasteiger charge is 2.33. The molecule has 0 unspecified atom stereocenters. The molecule has 0 spiro atoms. The molecule has 1 aliphatic rings. The van der Waals surface area contributed by atoms with Crippen molar-refractivity contribution in [2.45, 2.75) is 61.8 Å². The highest BCUT2D eigenvalue weighted by atomic mass is 15.2. The van der Waals surface area contributed by atoms with E-state index in [1.54, 1.807) is 0 Å². The van der Waals surface area contributed by atoms with Crippen molar-refractivity contribution in [1.82, 2.24) is 4.90 Å². The van der Waals surface area contributed by atoms with Crippen molar-refractivity contribution < 1.29 is 0 Å². The fourth-order valence-electron chi connectivity index (χ4n) is 1.48. The summed E-state index contributed by atoms with van der Waals surface area (Å²) < 4.78 is 0. The zero-order valence-corrected chi connectivity index (χ0v) is 12.1. The first-order chi connectivity index (χ1) is 6.66. The molecular weight excluding hydrogens is 170 g/mol. The lowest BCUT2D eigenvalue weighted by Gasteiger charge is -2.45. The van der Waals surface area contributed by atoms with Gasteiger partial charge in [-0.25, -0.2) is 0 Å². The van der Waals surface area contributed by atoms with Gasteiger partial charge < -0.3 is 4.90 Å². The third kappa shape index (κ3) is 8.55. The first kappa shape index (κ1) is 19.5. The summed E-state index contributed by atoms with van der Waals surface area (Å²) >= 11 is 0. The second-order valence-corrected chi connectivity index (χ2v) is 3.34. The van der Waals surface area contributed by atoms with E-state index in [9.17, 15) is 0 Å². The summed E-state index contributed by atoms with van der Waals surface area (Å²) in [7, 11) is 2.18. The van der Waals surface area contributed by atoms with Gasteiger partial charge in [0.25, 0.3) is 0 Å². The molecule has 0 amide bonds. The normalized spacial score (nSPS) is 16.9. The molecule has 1 heteroatoms. The molecule has 0 saturated carbocycles. The third-order valence-corrected chi connectivity index (χ3v) is 2.16. The number of likely N-dealkylation sites (tertiary alicyclic amines) is 1. The maximum atomic E-state index is 2.36. The van der Waals surface area contributed by atoms with Gasteiger partial charge in [0.05, 0.1) is 0 Å². The van der Waals surface area contributed by atoms with E-state index in [0.717, 1.165) is 0 Å². The third-order valence-electron chi connectivity index (χ3n) is 2.16. The molecule has 90 valence electrons. The van der Waals surface area contributed by atoms with Crippen LogP contribution in [-0.2, 0) is 0 Å². The molecule has 0 aromatic rings. The summed E-state index contributed by atoms with van der Waals surface area (Å²) in [5.74, 6) is 0. The molecule has 0 aliphatic carbocycles. The van der Waals surface area contributed by atoms with Crippen LogP contribution in [0.1, 0.15) is 61.8 Å². The van der Waals surface area contributed by atoms with E-state index in [2.05, 4.69) is 25.8 Å². The van der Waals surface area contributed by atoms with Gasteiger partial charge in [-0.2, -0.15) is 0 Å². The lowest BCUT2D eigenvalue weighted by atomic mass is 9.80. The summed E-state index contributed by atoms with van der Waals surface area (Å²) in [5.41, 5.74) is 0.661. The molecule has 1 fully saturated rings. The molecule has 1 saturated heterocycles. The number of hydrogen-bond donors (Lipinski definition) is 0. The Morgan fingerprint density at radius 1 is 0.929 bits per heavy atom. The van der Waals surface area contributed by atoms with Gasteiger partial charge in [0.15, 0.2) is 0 Å². The van der Waals surface area contributed by atoms with Gasteiger partial charge in [-0.3, -0.25) is 0 Å². The number of hydrogen-bond acceptors (Lipinski definition) is 1. The van der Waals surface area contributed by atoms with Crippen LogP contribution in [0, 0.1) is 5.41 Å². The Morgan fingerprint density at radius 2 is 1.21 bits per heavy atom. The van der Waals surface area contributed by atoms with Crippen LogP contribution in [0.2, 0.25) is 0 Å². The lowest BCUT2D eigenvalue weighted by Crippen LogP contribution is -2.51. The van der Waals surface area contributed by atoms with Crippen molar-refractivity contribution in [1.29, 1.82) is 0 Å². The van der Waals surface area contributed by atoms with Crippen LogP contribution in [0.3, 0.4) is 0 Å². The molecule has 0 bridgehead atoms. The van der Waals surface area contributed by atoms with E-state index >= 15 is 0 Å². The molecule has 14 heavy (non-hydrogen) atoms. The van der Waals surface area contributed by atoms with E-state index in [1.165, 1.54) is 19.5 Å². The fourth-order valence-corrected chi connectivity index (χ4v) is 1.48. The van der Waals surface area contributed by atoms with E-state index in [4.69, 9.17) is 0 Å². The molecule has 0 aromatic heterocycles. The van der Waals surface area contributed by atoms with Gasteiger partial charge in [0.1, 0.15) is 0 Å². The largest absolute Gasteiger partial charge is 0.305 e. The highest BCUT2D eigenvalue weighted by Crippen LogP contribution is 2.30. The first-order valence-electron chi connectivity index (χ1n) is 6.35. The average molecular weight is 203 g/mol. The molecular formula is C13H33N. The maximum absolute atomic E-state index is 2.36. The van der Waals surface area contributed by atoms with E-state index in [-0.39, 0.29) is 0 Å². The zero-order valence-electron chi connectivity index (χ0n) is 12.1. The second-order valence-electron chi connectivity index (χ2n) is 3.34. The Kier molecular flexibility index (Phi) is 18.1. The minimum Gasteiger partial charge on any atom is -0.305 e. The SMILES string of the molecule is CC.CC.CC.CCC1(C)CN(C)C1. The highest BCUT2D eigenvalue weighted by molar-refractivity contribution is 4.87. The van der Waals surface area contributed by atoms with Crippen LogP contribution in [-0.4, -0.2) is 25.0 Å². The van der Waals surface area contributed by atoms with Gasteiger partial charge in [-0.1, -0.05) is 55.4 Å². The van der Waals surface area contributed by atoms with Crippen molar-refractivity contribution in [2.75, 3.05) is 20.1 Å². The number of nitrogens with zero attached hydrogens (tertiary/aromatic N) is 1. The standard InChI is InChI=1S/C7H15N.3C2H6/c1-4-7(2)5-8(3)6-7;3*1-2/h4-6H2,1-3H3;3*1-2H3. The Labute approximate surface area is 92.9 Å². The van der Waals surface area contributed by atoms with Gasteiger partial charge in [-0.15, -0.1) is 0 Å². The molecule has 0 atom stereocenters. The van der Waals surface area contributed by atoms with Crippen LogP contribution < -0.4 is 0 Å². The van der Waals surface area contributed by atoms with Crippen LogP contribution in [0.25, 0.3) is 0 Å². The lowest BCUT2D eigenvalue weighted by molar-refractivity contribution is 0.0361. The minimum atomic E-state index is 0.661. The smallest absolute Gasteiger partial charge is 0.00447 e.